The van der Waals surface area contributed by atoms with E-state index in [0.29, 0.717) is 37.6 Å². The molecule has 1 N–H and O–H groups in total. The van der Waals surface area contributed by atoms with E-state index in [4.69, 9.17) is 4.74 Å². The van der Waals surface area contributed by atoms with E-state index in [0.717, 1.165) is 47.5 Å². The highest BCUT2D eigenvalue weighted by molar-refractivity contribution is 7.18. The number of carbonyl (C=O) groups is 2. The first kappa shape index (κ1) is 23.7. The summed E-state index contributed by atoms with van der Waals surface area (Å²) >= 11 is 1.70. The highest BCUT2D eigenvalue weighted by Crippen LogP contribution is 2.35. The number of thiophene rings is 1. The minimum atomic E-state index is -0.0770. The fourth-order valence-corrected chi connectivity index (χ4v) is 5.92. The fraction of sp³-hybridized carbons (Fsp3) is 0.462. The van der Waals surface area contributed by atoms with Gasteiger partial charge in [0.15, 0.2) is 0 Å². The Morgan fingerprint density at radius 2 is 1.77 bits per heavy atom. The maximum absolute atomic E-state index is 13.2. The lowest BCUT2D eigenvalue weighted by Crippen LogP contribution is -2.41. The van der Waals surface area contributed by atoms with E-state index in [-0.39, 0.29) is 17.7 Å². The van der Waals surface area contributed by atoms with Crippen LogP contribution in [0.1, 0.15) is 39.2 Å². The lowest BCUT2D eigenvalue weighted by Gasteiger charge is -2.32. The highest BCUT2D eigenvalue weighted by atomic mass is 32.1. The summed E-state index contributed by atoms with van der Waals surface area (Å²) in [5.74, 6) is 0.900. The quantitative estimate of drug-likeness (QED) is 0.592. The number of piperidine rings is 1. The van der Waals surface area contributed by atoms with Crippen molar-refractivity contribution in [3.63, 3.8) is 0 Å². The molecule has 2 amide bonds. The van der Waals surface area contributed by atoms with Crippen molar-refractivity contribution in [2.75, 3.05) is 49.6 Å². The maximum Gasteiger partial charge on any atom is 0.254 e. The molecule has 0 unspecified atom stereocenters. The number of morpholine rings is 1. The summed E-state index contributed by atoms with van der Waals surface area (Å²) in [6.07, 6.45) is 3.15. The van der Waals surface area contributed by atoms with E-state index in [1.165, 1.54) is 10.4 Å². The van der Waals surface area contributed by atoms with E-state index in [1.807, 2.05) is 30.0 Å². The SMILES string of the molecule is Cc1sc2ncnc(N3CCC(C(=O)Nc4cccc(C(=O)N5CCOCC5)c4C)CC3)c2c1C. The van der Waals surface area contributed by atoms with Crippen molar-refractivity contribution in [2.45, 2.75) is 33.6 Å². The molecule has 0 atom stereocenters. The molecular weight excluding hydrogens is 462 g/mol. The molecule has 4 heterocycles. The molecule has 0 radical (unpaired) electrons. The Morgan fingerprint density at radius 3 is 2.51 bits per heavy atom. The Balaban J connectivity index is 1.25. The molecule has 0 spiro atoms. The lowest BCUT2D eigenvalue weighted by atomic mass is 9.95. The third-order valence-electron chi connectivity index (χ3n) is 7.23. The monoisotopic (exact) mass is 493 g/mol. The first-order valence-corrected chi connectivity index (χ1v) is 13.0. The van der Waals surface area contributed by atoms with Gasteiger partial charge in [-0.25, -0.2) is 9.97 Å². The predicted molar refractivity (Wildman–Crippen MR) is 138 cm³/mol. The minimum Gasteiger partial charge on any atom is -0.378 e. The van der Waals surface area contributed by atoms with Crippen LogP contribution in [0.15, 0.2) is 24.5 Å². The molecule has 0 saturated carbocycles. The number of aromatic nitrogens is 2. The summed E-state index contributed by atoms with van der Waals surface area (Å²) in [5.41, 5.74) is 3.39. The van der Waals surface area contributed by atoms with Crippen molar-refractivity contribution < 1.29 is 14.3 Å². The summed E-state index contributed by atoms with van der Waals surface area (Å²) in [5, 5.41) is 4.23. The number of rotatable bonds is 4. The maximum atomic E-state index is 13.2. The van der Waals surface area contributed by atoms with Crippen LogP contribution in [-0.4, -0.2) is 66.1 Å². The summed E-state index contributed by atoms with van der Waals surface area (Å²) in [6, 6.07) is 5.54. The zero-order valence-corrected chi connectivity index (χ0v) is 21.3. The number of ether oxygens (including phenoxy) is 1. The average Bonchev–Trinajstić information content (AvgIpc) is 3.19. The second kappa shape index (κ2) is 9.91. The Morgan fingerprint density at radius 1 is 1.03 bits per heavy atom. The number of carbonyl (C=O) groups excluding carboxylic acids is 2. The Kier molecular flexibility index (Phi) is 6.71. The molecule has 0 aliphatic carbocycles. The zero-order valence-electron chi connectivity index (χ0n) is 20.5. The van der Waals surface area contributed by atoms with E-state index in [2.05, 4.69) is 34.0 Å². The third kappa shape index (κ3) is 4.62. The number of nitrogens with zero attached hydrogens (tertiary/aromatic N) is 4. The Labute approximate surface area is 209 Å². The lowest BCUT2D eigenvalue weighted by molar-refractivity contribution is -0.120. The third-order valence-corrected chi connectivity index (χ3v) is 8.35. The largest absolute Gasteiger partial charge is 0.378 e. The van der Waals surface area contributed by atoms with Gasteiger partial charge in [-0.2, -0.15) is 0 Å². The van der Waals surface area contributed by atoms with Crippen LogP contribution in [0.3, 0.4) is 0 Å². The molecule has 8 nitrogen and oxygen atoms in total. The summed E-state index contributed by atoms with van der Waals surface area (Å²) < 4.78 is 5.36. The van der Waals surface area contributed by atoms with Gasteiger partial charge in [0.25, 0.3) is 5.91 Å². The molecule has 2 aromatic heterocycles. The first-order chi connectivity index (χ1) is 16.9. The van der Waals surface area contributed by atoms with Crippen LogP contribution in [-0.2, 0) is 9.53 Å². The molecule has 184 valence electrons. The van der Waals surface area contributed by atoms with Crippen LogP contribution in [0.4, 0.5) is 11.5 Å². The van der Waals surface area contributed by atoms with Crippen LogP contribution in [0.25, 0.3) is 10.2 Å². The number of hydrogen-bond donors (Lipinski definition) is 1. The molecule has 2 saturated heterocycles. The molecule has 5 rings (SSSR count). The van der Waals surface area contributed by atoms with E-state index < -0.39 is 0 Å². The molecule has 2 fully saturated rings. The molecule has 2 aliphatic rings. The number of anilines is 2. The van der Waals surface area contributed by atoms with Gasteiger partial charge in [0.2, 0.25) is 5.91 Å². The van der Waals surface area contributed by atoms with Gasteiger partial charge in [0.1, 0.15) is 17.0 Å². The van der Waals surface area contributed by atoms with Crippen molar-refractivity contribution >= 4 is 44.9 Å². The van der Waals surface area contributed by atoms with E-state index in [1.54, 1.807) is 17.7 Å². The normalized spacial score (nSPS) is 17.1. The molecule has 0 bridgehead atoms. The topological polar surface area (TPSA) is 87.7 Å². The number of hydrogen-bond acceptors (Lipinski definition) is 7. The van der Waals surface area contributed by atoms with Gasteiger partial charge in [-0.1, -0.05) is 6.07 Å². The molecule has 35 heavy (non-hydrogen) atoms. The van der Waals surface area contributed by atoms with Crippen LogP contribution < -0.4 is 10.2 Å². The second-order valence-electron chi connectivity index (χ2n) is 9.29. The van der Waals surface area contributed by atoms with E-state index in [9.17, 15) is 9.59 Å². The number of fused-ring (bicyclic) bond motifs is 1. The van der Waals surface area contributed by atoms with E-state index >= 15 is 0 Å². The minimum absolute atomic E-state index is 0.00895. The standard InChI is InChI=1S/C26H31N5O3S/c1-16-18(3)35-25-22(16)23(27-15-28-25)30-9-7-19(8-10-30)24(32)29-21-6-4-5-20(17(21)2)26(33)31-11-13-34-14-12-31/h4-6,15,19H,7-14H2,1-3H3,(H,29,32). The Hall–Kier alpha value is -3.04. The van der Waals surface area contributed by atoms with Crippen LogP contribution in [0.2, 0.25) is 0 Å². The van der Waals surface area contributed by atoms with Crippen LogP contribution in [0, 0.1) is 26.7 Å². The number of nitrogens with one attached hydrogen (secondary N) is 1. The number of benzene rings is 1. The van der Waals surface area contributed by atoms with Crippen molar-refractivity contribution in [3.05, 3.63) is 46.1 Å². The molecule has 3 aromatic rings. The van der Waals surface area contributed by atoms with Gasteiger partial charge < -0.3 is 19.9 Å². The second-order valence-corrected chi connectivity index (χ2v) is 10.5. The molecule has 1 aromatic carbocycles. The van der Waals surface area contributed by atoms with Crippen molar-refractivity contribution in [2.24, 2.45) is 5.92 Å². The van der Waals surface area contributed by atoms with Gasteiger partial charge in [-0.15, -0.1) is 11.3 Å². The number of amides is 2. The Bertz CT molecular complexity index is 1260. The van der Waals surface area contributed by atoms with Crippen molar-refractivity contribution in [1.82, 2.24) is 14.9 Å². The predicted octanol–water partition coefficient (Wildman–Crippen LogP) is 3.94. The molecular formula is C26H31N5O3S. The van der Waals surface area contributed by atoms with Gasteiger partial charge in [-0.3, -0.25) is 9.59 Å². The fourth-order valence-electron chi connectivity index (χ4n) is 4.93. The van der Waals surface area contributed by atoms with Gasteiger partial charge in [0, 0.05) is 48.2 Å². The van der Waals surface area contributed by atoms with Gasteiger partial charge >= 0.3 is 0 Å². The summed E-state index contributed by atoms with van der Waals surface area (Å²) in [7, 11) is 0. The van der Waals surface area contributed by atoms with Crippen molar-refractivity contribution in [3.8, 4) is 0 Å². The van der Waals surface area contributed by atoms with Crippen molar-refractivity contribution in [1.29, 1.82) is 0 Å². The number of aryl methyl sites for hydroxylation is 2. The molecule has 9 heteroatoms. The molecule has 2 aliphatic heterocycles. The smallest absolute Gasteiger partial charge is 0.254 e. The zero-order chi connectivity index (χ0) is 24.5. The van der Waals surface area contributed by atoms with Gasteiger partial charge in [-0.05, 0) is 56.9 Å². The van der Waals surface area contributed by atoms with Crippen LogP contribution in [0.5, 0.6) is 0 Å². The van der Waals surface area contributed by atoms with Gasteiger partial charge in [0.05, 0.1) is 18.6 Å². The average molecular weight is 494 g/mol. The summed E-state index contributed by atoms with van der Waals surface area (Å²) in [6.45, 7) is 10.00. The first-order valence-electron chi connectivity index (χ1n) is 12.2. The highest BCUT2D eigenvalue weighted by Gasteiger charge is 2.28. The summed E-state index contributed by atoms with van der Waals surface area (Å²) in [4.78, 5) is 41.6. The van der Waals surface area contributed by atoms with Crippen LogP contribution >= 0.6 is 11.3 Å².